The molecular formula is C58H32O3. The Kier molecular flexibility index (Phi) is 6.56. The molecule has 14 aromatic rings. The van der Waals surface area contributed by atoms with Gasteiger partial charge in [-0.2, -0.15) is 0 Å². The molecule has 3 heteroatoms. The van der Waals surface area contributed by atoms with Crippen LogP contribution in [0.2, 0.25) is 0 Å². The van der Waals surface area contributed by atoms with Crippen molar-refractivity contribution >= 4 is 109 Å². The Morgan fingerprint density at radius 2 is 0.639 bits per heavy atom. The lowest BCUT2D eigenvalue weighted by Gasteiger charge is -2.14. The average molecular weight is 777 g/mol. The van der Waals surface area contributed by atoms with Crippen LogP contribution in [0.5, 0.6) is 0 Å². The zero-order chi connectivity index (χ0) is 39.8. The summed E-state index contributed by atoms with van der Waals surface area (Å²) in [5, 5.41) is 16.2. The van der Waals surface area contributed by atoms with Gasteiger partial charge in [-0.25, -0.2) is 0 Å². The Balaban J connectivity index is 1.14. The molecular weight excluding hydrogens is 745 g/mol. The van der Waals surface area contributed by atoms with Crippen LogP contribution >= 0.6 is 0 Å². The van der Waals surface area contributed by atoms with Crippen LogP contribution in [0.25, 0.3) is 142 Å². The van der Waals surface area contributed by atoms with Crippen LogP contribution in [0.15, 0.2) is 207 Å². The van der Waals surface area contributed by atoms with Gasteiger partial charge in [0.1, 0.15) is 33.5 Å². The van der Waals surface area contributed by atoms with Gasteiger partial charge in [0.2, 0.25) is 0 Å². The maximum absolute atomic E-state index is 7.04. The van der Waals surface area contributed by atoms with E-state index in [0.29, 0.717) is 0 Å². The Bertz CT molecular complexity index is 3960. The van der Waals surface area contributed by atoms with E-state index in [1.165, 1.54) is 32.3 Å². The SMILES string of the molecule is c1ccc2c(c1)ccc1oc3c(-c4cc(-c5cc6ccccc6c6c5oc5ccc7ccccc7c56)cc(-c5cccc6oc7ccccc7c56)c4)cc4ccccc4c3c12. The summed E-state index contributed by atoms with van der Waals surface area (Å²) in [6.45, 7) is 0. The molecule has 0 aliphatic heterocycles. The second kappa shape index (κ2) is 12.2. The number of rotatable bonds is 3. The van der Waals surface area contributed by atoms with Crippen LogP contribution < -0.4 is 0 Å². The van der Waals surface area contributed by atoms with Crippen molar-refractivity contribution in [1.29, 1.82) is 0 Å². The molecule has 11 aromatic carbocycles. The molecule has 14 rings (SSSR count). The summed E-state index contributed by atoms with van der Waals surface area (Å²) in [5.41, 5.74) is 11.6. The predicted molar refractivity (Wildman–Crippen MR) is 255 cm³/mol. The monoisotopic (exact) mass is 776 g/mol. The fourth-order valence-electron chi connectivity index (χ4n) is 10.3. The first-order valence-electron chi connectivity index (χ1n) is 20.8. The number of hydrogen-bond acceptors (Lipinski definition) is 3. The Labute approximate surface area is 348 Å². The topological polar surface area (TPSA) is 39.4 Å². The normalized spacial score (nSPS) is 12.3. The first-order valence-corrected chi connectivity index (χ1v) is 20.8. The maximum Gasteiger partial charge on any atom is 0.143 e. The van der Waals surface area contributed by atoms with Crippen molar-refractivity contribution in [3.8, 4) is 33.4 Å². The standard InChI is InChI=1S/C58H32O3/c1-5-16-40-33(12-1)24-26-50-53(40)55-42-18-7-3-14-35(42)31-46(57(55)60-50)38-28-37(44-21-11-23-49-52(44)45-20-9-10-22-48(45)59-49)29-39(30-38)47-32-36-15-4-8-19-43(36)56-54-41-17-6-2-13-34(41)25-27-51(54)61-58(47)56/h1-32H. The van der Waals surface area contributed by atoms with Crippen molar-refractivity contribution in [3.05, 3.63) is 194 Å². The van der Waals surface area contributed by atoms with E-state index in [2.05, 4.69) is 188 Å². The van der Waals surface area contributed by atoms with E-state index in [9.17, 15) is 0 Å². The number of benzene rings is 11. The highest BCUT2D eigenvalue weighted by Crippen LogP contribution is 2.48. The minimum absolute atomic E-state index is 0.861. The van der Waals surface area contributed by atoms with Crippen molar-refractivity contribution in [3.63, 3.8) is 0 Å². The van der Waals surface area contributed by atoms with Crippen molar-refractivity contribution < 1.29 is 13.3 Å². The second-order valence-electron chi connectivity index (χ2n) is 16.3. The number of para-hydroxylation sites is 1. The van der Waals surface area contributed by atoms with Gasteiger partial charge in [-0.3, -0.25) is 0 Å². The zero-order valence-corrected chi connectivity index (χ0v) is 32.7. The van der Waals surface area contributed by atoms with Crippen molar-refractivity contribution in [2.45, 2.75) is 0 Å². The van der Waals surface area contributed by atoms with Gasteiger partial charge in [-0.1, -0.05) is 140 Å². The van der Waals surface area contributed by atoms with E-state index in [4.69, 9.17) is 13.3 Å². The smallest absolute Gasteiger partial charge is 0.143 e. The van der Waals surface area contributed by atoms with Gasteiger partial charge in [-0.15, -0.1) is 0 Å². The average Bonchev–Trinajstić information content (AvgIpc) is 4.03. The fourth-order valence-corrected chi connectivity index (χ4v) is 10.3. The quantitative estimate of drug-likeness (QED) is 0.179. The van der Waals surface area contributed by atoms with Crippen LogP contribution in [0, 0.1) is 0 Å². The zero-order valence-electron chi connectivity index (χ0n) is 32.7. The van der Waals surface area contributed by atoms with Crippen molar-refractivity contribution in [2.75, 3.05) is 0 Å². The summed E-state index contributed by atoms with van der Waals surface area (Å²) < 4.78 is 20.5. The summed E-state index contributed by atoms with van der Waals surface area (Å²) >= 11 is 0. The third-order valence-corrected chi connectivity index (χ3v) is 13.0. The largest absolute Gasteiger partial charge is 0.456 e. The molecule has 61 heavy (non-hydrogen) atoms. The highest BCUT2D eigenvalue weighted by Gasteiger charge is 2.23. The molecule has 0 fully saturated rings. The summed E-state index contributed by atoms with van der Waals surface area (Å²) in [5.74, 6) is 0. The summed E-state index contributed by atoms with van der Waals surface area (Å²) in [7, 11) is 0. The lowest BCUT2D eigenvalue weighted by molar-refractivity contribution is 0.669. The van der Waals surface area contributed by atoms with Crippen molar-refractivity contribution in [1.82, 2.24) is 0 Å². The molecule has 0 radical (unpaired) electrons. The fraction of sp³-hybridized carbons (Fsp3) is 0. The van der Waals surface area contributed by atoms with Crippen LogP contribution in [0.1, 0.15) is 0 Å². The maximum atomic E-state index is 7.04. The van der Waals surface area contributed by atoms with E-state index >= 15 is 0 Å². The van der Waals surface area contributed by atoms with Gasteiger partial charge in [0.05, 0.1) is 0 Å². The molecule has 0 spiro atoms. The van der Waals surface area contributed by atoms with Gasteiger partial charge < -0.3 is 13.3 Å². The molecule has 0 aliphatic carbocycles. The highest BCUT2D eigenvalue weighted by molar-refractivity contribution is 6.30. The van der Waals surface area contributed by atoms with Gasteiger partial charge in [0, 0.05) is 43.4 Å². The molecule has 3 aromatic heterocycles. The molecule has 0 saturated carbocycles. The summed E-state index contributed by atoms with van der Waals surface area (Å²) in [4.78, 5) is 0. The molecule has 3 nitrogen and oxygen atoms in total. The third kappa shape index (κ3) is 4.63. The van der Waals surface area contributed by atoms with Gasteiger partial charge in [0.25, 0.3) is 0 Å². The number of hydrogen-bond donors (Lipinski definition) is 0. The molecule has 3 heterocycles. The van der Waals surface area contributed by atoms with Crippen LogP contribution in [0.4, 0.5) is 0 Å². The summed E-state index contributed by atoms with van der Waals surface area (Å²) in [6.07, 6.45) is 0. The Hall–Kier alpha value is -8.14. The molecule has 0 amide bonds. The van der Waals surface area contributed by atoms with Crippen molar-refractivity contribution in [2.24, 2.45) is 0 Å². The first-order chi connectivity index (χ1) is 30.2. The minimum Gasteiger partial charge on any atom is -0.456 e. The molecule has 0 unspecified atom stereocenters. The van der Waals surface area contributed by atoms with Gasteiger partial charge >= 0.3 is 0 Å². The molecule has 0 bridgehead atoms. The molecule has 0 N–H and O–H groups in total. The number of furan rings is 3. The minimum atomic E-state index is 0.861. The van der Waals surface area contributed by atoms with E-state index in [1.54, 1.807) is 0 Å². The molecule has 0 atom stereocenters. The van der Waals surface area contributed by atoms with Crippen LogP contribution in [-0.4, -0.2) is 0 Å². The van der Waals surface area contributed by atoms with Gasteiger partial charge in [0.15, 0.2) is 0 Å². The number of fused-ring (bicyclic) bond motifs is 17. The van der Waals surface area contributed by atoms with Crippen LogP contribution in [0.3, 0.4) is 0 Å². The predicted octanol–water partition coefficient (Wildman–Crippen LogP) is 17.0. The highest BCUT2D eigenvalue weighted by atomic mass is 16.3. The van der Waals surface area contributed by atoms with Gasteiger partial charge in [-0.05, 0) is 120 Å². The van der Waals surface area contributed by atoms with Crippen LogP contribution in [-0.2, 0) is 0 Å². The summed E-state index contributed by atoms with van der Waals surface area (Å²) in [6, 6.07) is 69.5. The third-order valence-electron chi connectivity index (χ3n) is 13.0. The van der Waals surface area contributed by atoms with E-state index < -0.39 is 0 Å². The van der Waals surface area contributed by atoms with E-state index in [1.807, 2.05) is 6.07 Å². The van der Waals surface area contributed by atoms with E-state index in [-0.39, 0.29) is 0 Å². The Morgan fingerprint density at radius 3 is 1.18 bits per heavy atom. The van der Waals surface area contributed by atoms with E-state index in [0.717, 1.165) is 110 Å². The Morgan fingerprint density at radius 1 is 0.230 bits per heavy atom. The lowest BCUT2D eigenvalue weighted by atomic mass is 9.88. The molecule has 282 valence electrons. The first kappa shape index (κ1) is 32.8. The molecule has 0 saturated heterocycles. The second-order valence-corrected chi connectivity index (χ2v) is 16.3. The molecule has 0 aliphatic rings. The lowest BCUT2D eigenvalue weighted by Crippen LogP contribution is -1.89.